The molecule has 0 fully saturated rings. The van der Waals surface area contributed by atoms with Crippen LogP contribution < -0.4 is 10.2 Å². The van der Waals surface area contributed by atoms with Crippen LogP contribution in [0.25, 0.3) is 0 Å². The van der Waals surface area contributed by atoms with Crippen LogP contribution in [0.3, 0.4) is 0 Å². The number of hydrazone groups is 1. The summed E-state index contributed by atoms with van der Waals surface area (Å²) in [6, 6.07) is 4.61. The van der Waals surface area contributed by atoms with Crippen LogP contribution in [0, 0.1) is 0 Å². The number of rotatable bonds is 8. The number of thiol groups is 1. The minimum absolute atomic E-state index is 0.0250. The Morgan fingerprint density at radius 3 is 2.71 bits per heavy atom. The molecule has 1 heterocycles. The highest BCUT2D eigenvalue weighted by Gasteiger charge is 2.28. The summed E-state index contributed by atoms with van der Waals surface area (Å²) in [5, 5.41) is 12.7. The molecule has 0 aromatic heterocycles. The van der Waals surface area contributed by atoms with Crippen molar-refractivity contribution >= 4 is 40.1 Å². The molecule has 1 aliphatic rings. The Balaban J connectivity index is 2.17. The minimum atomic E-state index is -3.49. The molecule has 2 rings (SSSR count). The van der Waals surface area contributed by atoms with E-state index in [1.165, 1.54) is 6.07 Å². The number of benzene rings is 1. The van der Waals surface area contributed by atoms with Crippen LogP contribution in [0.15, 0.2) is 28.2 Å². The zero-order chi connectivity index (χ0) is 20.9. The van der Waals surface area contributed by atoms with Crippen molar-refractivity contribution in [3.63, 3.8) is 0 Å². The third kappa shape index (κ3) is 6.52. The number of aliphatic carboxylic acids is 1. The monoisotopic (exact) mass is 428 g/mol. The van der Waals surface area contributed by atoms with Gasteiger partial charge in [0.15, 0.2) is 9.84 Å². The summed E-state index contributed by atoms with van der Waals surface area (Å²) < 4.78 is 29.8. The molecule has 1 amide bonds. The van der Waals surface area contributed by atoms with E-state index >= 15 is 0 Å². The van der Waals surface area contributed by atoms with Crippen molar-refractivity contribution in [2.75, 3.05) is 12.4 Å². The molecule has 0 radical (unpaired) electrons. The van der Waals surface area contributed by atoms with Crippen molar-refractivity contribution in [1.29, 1.82) is 0 Å². The molecule has 1 aromatic rings. The number of nitrogens with zero attached hydrogens (tertiary/aromatic N) is 1. The Labute approximate surface area is 169 Å². The van der Waals surface area contributed by atoms with Crippen molar-refractivity contribution < 1.29 is 27.9 Å². The second-order valence-corrected chi connectivity index (χ2v) is 10.4. The molecule has 8 nitrogen and oxygen atoms in total. The highest BCUT2D eigenvalue weighted by molar-refractivity contribution is 7.91. The number of hydrogen-bond donors (Lipinski definition) is 3. The zero-order valence-electron chi connectivity index (χ0n) is 15.8. The number of hydrogen-bond acceptors (Lipinski definition) is 7. The van der Waals surface area contributed by atoms with Crippen molar-refractivity contribution in [3.05, 3.63) is 23.8 Å². The number of ether oxygens (including phenoxy) is 1. The lowest BCUT2D eigenvalue weighted by molar-refractivity contribution is -0.137. The van der Waals surface area contributed by atoms with Gasteiger partial charge in [0.25, 0.3) is 0 Å². The Kier molecular flexibility index (Phi) is 7.11. The number of fused-ring (bicyclic) bond motifs is 1. The van der Waals surface area contributed by atoms with Gasteiger partial charge in [-0.3, -0.25) is 9.59 Å². The van der Waals surface area contributed by atoms with Crippen molar-refractivity contribution in [2.45, 2.75) is 49.2 Å². The summed E-state index contributed by atoms with van der Waals surface area (Å²) in [6.45, 7) is 3.79. The fourth-order valence-electron chi connectivity index (χ4n) is 2.66. The summed E-state index contributed by atoms with van der Waals surface area (Å²) in [5.41, 5.74) is 3.37. The van der Waals surface area contributed by atoms with Crippen LogP contribution >= 0.6 is 12.6 Å². The number of amides is 1. The highest BCUT2D eigenvalue weighted by atomic mass is 32.2. The van der Waals surface area contributed by atoms with Gasteiger partial charge in [-0.1, -0.05) is 13.8 Å². The number of nitrogens with one attached hydrogen (secondary N) is 1. The van der Waals surface area contributed by atoms with Gasteiger partial charge < -0.3 is 9.84 Å². The third-order valence-corrected chi connectivity index (χ3v) is 5.83. The van der Waals surface area contributed by atoms with Gasteiger partial charge >= 0.3 is 5.97 Å². The predicted molar refractivity (Wildman–Crippen MR) is 108 cm³/mol. The van der Waals surface area contributed by atoms with Gasteiger partial charge in [-0.2, -0.15) is 17.7 Å². The molecular formula is C18H24N2O6S2. The summed E-state index contributed by atoms with van der Waals surface area (Å²) in [5.74, 6) is -0.994. The molecule has 0 aliphatic carbocycles. The molecule has 1 aromatic carbocycles. The molecule has 2 N–H and O–H groups in total. The van der Waals surface area contributed by atoms with Crippen LogP contribution in [-0.4, -0.2) is 48.2 Å². The first kappa shape index (κ1) is 22.2. The van der Waals surface area contributed by atoms with Gasteiger partial charge in [0, 0.05) is 29.6 Å². The maximum atomic E-state index is 12.4. The molecule has 0 saturated carbocycles. The van der Waals surface area contributed by atoms with E-state index in [4.69, 9.17) is 9.84 Å². The first-order chi connectivity index (χ1) is 13.0. The lowest BCUT2D eigenvalue weighted by atomic mass is 10.1. The average molecular weight is 429 g/mol. The van der Waals surface area contributed by atoms with Crippen molar-refractivity contribution in [1.82, 2.24) is 5.43 Å². The second kappa shape index (κ2) is 8.95. The SMILES string of the molecule is CC(C)(S)CC(=O)NN=C1CCS(=O)(=O)c2cc(OCCCC(=O)O)ccc21. The van der Waals surface area contributed by atoms with Crippen molar-refractivity contribution in [3.8, 4) is 5.75 Å². The topological polar surface area (TPSA) is 122 Å². The molecule has 28 heavy (non-hydrogen) atoms. The van der Waals surface area contributed by atoms with E-state index < -0.39 is 20.6 Å². The van der Waals surface area contributed by atoms with Gasteiger partial charge in [-0.15, -0.1) is 0 Å². The van der Waals surface area contributed by atoms with Crippen LogP contribution in [0.1, 0.15) is 45.1 Å². The van der Waals surface area contributed by atoms with Gasteiger partial charge in [-0.05, 0) is 24.6 Å². The van der Waals surface area contributed by atoms with Crippen LogP contribution in [0.2, 0.25) is 0 Å². The summed E-state index contributed by atoms with van der Waals surface area (Å²) in [4.78, 5) is 22.6. The zero-order valence-corrected chi connectivity index (χ0v) is 17.5. The fourth-order valence-corrected chi connectivity index (χ4v) is 4.30. The number of carbonyl (C=O) groups excluding carboxylic acids is 1. The largest absolute Gasteiger partial charge is 0.494 e. The fraction of sp³-hybridized carbons (Fsp3) is 0.500. The van der Waals surface area contributed by atoms with Gasteiger partial charge in [0.1, 0.15) is 5.75 Å². The molecule has 154 valence electrons. The molecule has 0 unspecified atom stereocenters. The number of carbonyl (C=O) groups is 2. The van der Waals surface area contributed by atoms with Gasteiger partial charge in [0.2, 0.25) is 5.91 Å². The normalized spacial score (nSPS) is 17.0. The van der Waals surface area contributed by atoms with E-state index in [0.29, 0.717) is 23.4 Å². The summed E-state index contributed by atoms with van der Waals surface area (Å²) in [6.07, 6.45) is 0.655. The van der Waals surface area contributed by atoms with E-state index in [1.54, 1.807) is 12.1 Å². The molecule has 0 saturated heterocycles. The molecule has 0 bridgehead atoms. The Morgan fingerprint density at radius 2 is 2.07 bits per heavy atom. The summed E-state index contributed by atoms with van der Waals surface area (Å²) >= 11 is 4.30. The lowest BCUT2D eigenvalue weighted by Gasteiger charge is -2.20. The predicted octanol–water partition coefficient (Wildman–Crippen LogP) is 2.03. The van der Waals surface area contributed by atoms with Gasteiger partial charge in [0.05, 0.1) is 23.0 Å². The smallest absolute Gasteiger partial charge is 0.303 e. The van der Waals surface area contributed by atoms with E-state index in [0.717, 1.165) is 0 Å². The van der Waals surface area contributed by atoms with Gasteiger partial charge in [-0.25, -0.2) is 13.8 Å². The molecule has 10 heteroatoms. The highest BCUT2D eigenvalue weighted by Crippen LogP contribution is 2.29. The minimum Gasteiger partial charge on any atom is -0.494 e. The first-order valence-corrected chi connectivity index (χ1v) is 10.9. The molecular weight excluding hydrogens is 404 g/mol. The van der Waals surface area contributed by atoms with E-state index in [9.17, 15) is 18.0 Å². The molecule has 1 aliphatic heterocycles. The second-order valence-electron chi connectivity index (χ2n) is 7.16. The molecule has 0 spiro atoms. The Hall–Kier alpha value is -2.07. The Morgan fingerprint density at radius 1 is 1.36 bits per heavy atom. The van der Waals surface area contributed by atoms with E-state index in [2.05, 4.69) is 23.2 Å². The van der Waals surface area contributed by atoms with Crippen LogP contribution in [-0.2, 0) is 19.4 Å². The van der Waals surface area contributed by atoms with Crippen LogP contribution in [0.4, 0.5) is 0 Å². The Bertz CT molecular complexity index is 888. The maximum absolute atomic E-state index is 12.4. The van der Waals surface area contributed by atoms with Crippen LogP contribution in [0.5, 0.6) is 5.75 Å². The molecule has 0 atom stereocenters. The number of carboxylic acids is 1. The lowest BCUT2D eigenvalue weighted by Crippen LogP contribution is -2.29. The third-order valence-electron chi connectivity index (χ3n) is 3.92. The maximum Gasteiger partial charge on any atom is 0.303 e. The number of sulfone groups is 1. The number of carboxylic acid groups (broad SMARTS) is 1. The van der Waals surface area contributed by atoms with E-state index in [-0.39, 0.29) is 42.4 Å². The quantitative estimate of drug-likeness (QED) is 0.331. The van der Waals surface area contributed by atoms with Crippen molar-refractivity contribution in [2.24, 2.45) is 5.10 Å². The first-order valence-electron chi connectivity index (χ1n) is 8.77. The standard InChI is InChI=1S/C18H24N2O6S2/c1-18(2,27)11-16(21)20-19-14-7-9-28(24,25)15-10-12(5-6-13(14)15)26-8-3-4-17(22)23/h5-6,10,27H,3-4,7-9,11H2,1-2H3,(H,20,21)(H,22,23). The van der Waals surface area contributed by atoms with E-state index in [1.807, 2.05) is 13.8 Å². The summed E-state index contributed by atoms with van der Waals surface area (Å²) in [7, 11) is -3.49. The average Bonchev–Trinajstić information content (AvgIpc) is 2.56.